The highest BCUT2D eigenvalue weighted by Gasteiger charge is 2.30. The lowest BCUT2D eigenvalue weighted by Crippen LogP contribution is -2.47. The summed E-state index contributed by atoms with van der Waals surface area (Å²) in [5.74, 6) is -0.565. The molecule has 4 rings (SSSR count). The number of alkyl carbamates (subject to hydrolysis) is 1. The summed E-state index contributed by atoms with van der Waals surface area (Å²) in [6.07, 6.45) is 3.45. The first kappa shape index (κ1) is 24.8. The van der Waals surface area contributed by atoms with Gasteiger partial charge in [-0.25, -0.2) is 4.79 Å². The van der Waals surface area contributed by atoms with Crippen molar-refractivity contribution in [1.29, 1.82) is 0 Å². The molecule has 7 nitrogen and oxygen atoms in total. The third kappa shape index (κ3) is 6.02. The molecule has 2 amide bonds. The molecule has 186 valence electrons. The average molecular weight is 479 g/mol. The van der Waals surface area contributed by atoms with Crippen LogP contribution in [0.25, 0.3) is 11.1 Å². The van der Waals surface area contributed by atoms with Gasteiger partial charge in [0.15, 0.2) is 0 Å². The molecule has 3 N–H and O–H groups in total. The van der Waals surface area contributed by atoms with E-state index in [0.29, 0.717) is 13.0 Å². The second-order valence-corrected chi connectivity index (χ2v) is 9.70. The number of hydrogen-bond acceptors (Lipinski definition) is 4. The number of nitrogens with one attached hydrogen (secondary N) is 2. The Morgan fingerprint density at radius 3 is 2.26 bits per heavy atom. The van der Waals surface area contributed by atoms with Crippen LogP contribution in [0.3, 0.4) is 0 Å². The van der Waals surface area contributed by atoms with Gasteiger partial charge in [-0.15, -0.1) is 0 Å². The highest BCUT2D eigenvalue weighted by molar-refractivity contribution is 5.85. The summed E-state index contributed by atoms with van der Waals surface area (Å²) in [6, 6.07) is 15.7. The fraction of sp³-hybridized carbons (Fsp3) is 0.464. The molecule has 0 saturated heterocycles. The van der Waals surface area contributed by atoms with Crippen LogP contribution in [0.4, 0.5) is 4.79 Å². The Kier molecular flexibility index (Phi) is 8.06. The molecule has 0 heterocycles. The van der Waals surface area contributed by atoms with Gasteiger partial charge in [0.05, 0.1) is 0 Å². The van der Waals surface area contributed by atoms with Crippen molar-refractivity contribution in [3.05, 3.63) is 59.7 Å². The maximum Gasteiger partial charge on any atom is 0.407 e. The largest absolute Gasteiger partial charge is 0.481 e. The van der Waals surface area contributed by atoms with Gasteiger partial charge in [0.1, 0.15) is 12.6 Å². The molecular formula is C28H34N2O5. The van der Waals surface area contributed by atoms with E-state index in [0.717, 1.165) is 47.9 Å². The van der Waals surface area contributed by atoms with E-state index in [1.807, 2.05) is 31.2 Å². The fourth-order valence-corrected chi connectivity index (χ4v) is 5.50. The van der Waals surface area contributed by atoms with Gasteiger partial charge in [-0.1, -0.05) is 61.9 Å². The Morgan fingerprint density at radius 2 is 1.63 bits per heavy atom. The van der Waals surface area contributed by atoms with E-state index in [-0.39, 0.29) is 36.7 Å². The molecule has 2 aromatic carbocycles. The lowest BCUT2D eigenvalue weighted by atomic mass is 9.98. The molecule has 2 aliphatic rings. The number of benzene rings is 2. The van der Waals surface area contributed by atoms with E-state index in [4.69, 9.17) is 9.84 Å². The Bertz CT molecular complexity index is 1020. The molecule has 0 spiro atoms. The van der Waals surface area contributed by atoms with Crippen molar-refractivity contribution in [2.24, 2.45) is 11.8 Å². The van der Waals surface area contributed by atoms with Crippen LogP contribution in [0.1, 0.15) is 62.5 Å². The van der Waals surface area contributed by atoms with Gasteiger partial charge >= 0.3 is 12.1 Å². The first-order chi connectivity index (χ1) is 17.0. The summed E-state index contributed by atoms with van der Waals surface area (Å²) in [5.41, 5.74) is 4.61. The van der Waals surface area contributed by atoms with Crippen LogP contribution in [-0.2, 0) is 14.3 Å². The highest BCUT2D eigenvalue weighted by atomic mass is 16.5. The van der Waals surface area contributed by atoms with Crippen molar-refractivity contribution in [3.8, 4) is 11.1 Å². The second-order valence-electron chi connectivity index (χ2n) is 9.70. The number of carbonyl (C=O) groups is 3. The summed E-state index contributed by atoms with van der Waals surface area (Å²) >= 11 is 0. The maximum absolute atomic E-state index is 12.8. The minimum Gasteiger partial charge on any atom is -0.481 e. The van der Waals surface area contributed by atoms with E-state index < -0.39 is 18.1 Å². The van der Waals surface area contributed by atoms with Gasteiger partial charge in [0.25, 0.3) is 0 Å². The molecular weight excluding hydrogens is 444 g/mol. The molecule has 2 aliphatic carbocycles. The van der Waals surface area contributed by atoms with Gasteiger partial charge in [-0.2, -0.15) is 0 Å². The molecule has 0 bridgehead atoms. The average Bonchev–Trinajstić information content (AvgIpc) is 3.42. The Hall–Kier alpha value is -3.35. The standard InChI is InChI=1S/C28H34N2O5/c1-2-7-25(27(33)29-16-19-13-12-18(14-19)15-26(31)32)30-28(34)35-17-24-22-10-5-3-8-20(22)21-9-4-6-11-23(21)24/h3-6,8-11,18-19,24-25H,2,7,12-17H2,1H3,(H,29,33)(H,30,34)(H,31,32). The van der Waals surface area contributed by atoms with Gasteiger partial charge in [-0.3, -0.25) is 9.59 Å². The third-order valence-corrected chi connectivity index (χ3v) is 7.21. The smallest absolute Gasteiger partial charge is 0.407 e. The molecule has 2 aromatic rings. The molecule has 35 heavy (non-hydrogen) atoms. The van der Waals surface area contributed by atoms with Crippen LogP contribution in [0, 0.1) is 11.8 Å². The van der Waals surface area contributed by atoms with Crippen LogP contribution >= 0.6 is 0 Å². The molecule has 0 radical (unpaired) electrons. The molecule has 0 aliphatic heterocycles. The molecule has 7 heteroatoms. The van der Waals surface area contributed by atoms with Crippen molar-refractivity contribution in [3.63, 3.8) is 0 Å². The molecule has 0 aromatic heterocycles. The number of hydrogen-bond donors (Lipinski definition) is 3. The van der Waals surface area contributed by atoms with Gasteiger partial charge in [0.2, 0.25) is 5.91 Å². The monoisotopic (exact) mass is 478 g/mol. The van der Waals surface area contributed by atoms with Crippen molar-refractivity contribution in [2.45, 2.75) is 57.4 Å². The zero-order valence-corrected chi connectivity index (χ0v) is 20.2. The molecule has 1 saturated carbocycles. The van der Waals surface area contributed by atoms with E-state index in [1.165, 1.54) is 0 Å². The van der Waals surface area contributed by atoms with Crippen LogP contribution < -0.4 is 10.6 Å². The van der Waals surface area contributed by atoms with E-state index in [9.17, 15) is 14.4 Å². The topological polar surface area (TPSA) is 105 Å². The number of aliphatic carboxylic acids is 1. The Morgan fingerprint density at radius 1 is 1.00 bits per heavy atom. The number of ether oxygens (including phenoxy) is 1. The SMILES string of the molecule is CCCC(NC(=O)OCC1c2ccccc2-c2ccccc21)C(=O)NCC1CCC(CC(=O)O)C1. The van der Waals surface area contributed by atoms with Crippen LogP contribution in [0.2, 0.25) is 0 Å². The predicted molar refractivity (Wildman–Crippen MR) is 133 cm³/mol. The van der Waals surface area contributed by atoms with Crippen LogP contribution in [-0.4, -0.2) is 42.3 Å². The number of amides is 2. The zero-order chi connectivity index (χ0) is 24.8. The summed E-state index contributed by atoms with van der Waals surface area (Å²) in [4.78, 5) is 36.4. The normalized spacial score (nSPS) is 19.5. The van der Waals surface area contributed by atoms with Crippen molar-refractivity contribution in [1.82, 2.24) is 10.6 Å². The van der Waals surface area contributed by atoms with Crippen LogP contribution in [0.15, 0.2) is 48.5 Å². The lowest BCUT2D eigenvalue weighted by molar-refractivity contribution is -0.138. The zero-order valence-electron chi connectivity index (χ0n) is 20.2. The van der Waals surface area contributed by atoms with Crippen molar-refractivity contribution in [2.75, 3.05) is 13.2 Å². The van der Waals surface area contributed by atoms with E-state index in [1.54, 1.807) is 0 Å². The summed E-state index contributed by atoms with van der Waals surface area (Å²) in [5, 5.41) is 14.7. The number of fused-ring (bicyclic) bond motifs is 3. The quantitative estimate of drug-likeness (QED) is 0.459. The van der Waals surface area contributed by atoms with E-state index >= 15 is 0 Å². The fourth-order valence-electron chi connectivity index (χ4n) is 5.50. The number of carbonyl (C=O) groups excluding carboxylic acids is 2. The Labute approximate surface area is 206 Å². The van der Waals surface area contributed by atoms with E-state index in [2.05, 4.69) is 34.9 Å². The first-order valence-corrected chi connectivity index (χ1v) is 12.6. The van der Waals surface area contributed by atoms with Gasteiger partial charge < -0.3 is 20.5 Å². The predicted octanol–water partition coefficient (Wildman–Crippen LogP) is 4.70. The highest BCUT2D eigenvalue weighted by Crippen LogP contribution is 2.44. The van der Waals surface area contributed by atoms with Crippen molar-refractivity contribution < 1.29 is 24.2 Å². The first-order valence-electron chi connectivity index (χ1n) is 12.6. The van der Waals surface area contributed by atoms with Crippen LogP contribution in [0.5, 0.6) is 0 Å². The maximum atomic E-state index is 12.8. The minimum atomic E-state index is -0.769. The van der Waals surface area contributed by atoms with Gasteiger partial charge in [-0.05, 0) is 59.8 Å². The summed E-state index contributed by atoms with van der Waals surface area (Å²) in [6.45, 7) is 2.67. The minimum absolute atomic E-state index is 0.0345. The lowest BCUT2D eigenvalue weighted by Gasteiger charge is -2.20. The summed E-state index contributed by atoms with van der Waals surface area (Å²) < 4.78 is 5.61. The number of rotatable bonds is 10. The Balaban J connectivity index is 1.29. The molecule has 3 unspecified atom stereocenters. The number of carboxylic acid groups (broad SMARTS) is 1. The number of carboxylic acids is 1. The molecule has 1 fully saturated rings. The third-order valence-electron chi connectivity index (χ3n) is 7.21. The summed E-state index contributed by atoms with van der Waals surface area (Å²) in [7, 11) is 0. The second kappa shape index (κ2) is 11.4. The van der Waals surface area contributed by atoms with Crippen molar-refractivity contribution >= 4 is 18.0 Å². The van der Waals surface area contributed by atoms with Gasteiger partial charge in [0, 0.05) is 18.9 Å². The molecule has 3 atom stereocenters.